The molecule has 3 amide bonds. The Labute approximate surface area is 152 Å². The van der Waals surface area contributed by atoms with Crippen LogP contribution in [0.1, 0.15) is 38.1 Å². The van der Waals surface area contributed by atoms with Gasteiger partial charge in [0.2, 0.25) is 11.0 Å². The lowest BCUT2D eigenvalue weighted by molar-refractivity contribution is -0.126. The molecular formula is C16H27N5O3S. The van der Waals surface area contributed by atoms with E-state index in [1.165, 1.54) is 11.3 Å². The van der Waals surface area contributed by atoms with Gasteiger partial charge >= 0.3 is 6.03 Å². The number of nitrogens with zero attached hydrogens (tertiary/aromatic N) is 3. The van der Waals surface area contributed by atoms with Gasteiger partial charge in [0.15, 0.2) is 0 Å². The van der Waals surface area contributed by atoms with Gasteiger partial charge in [-0.15, -0.1) is 10.2 Å². The molecule has 140 valence electrons. The Morgan fingerprint density at radius 2 is 2.04 bits per heavy atom. The third-order valence-electron chi connectivity index (χ3n) is 3.96. The van der Waals surface area contributed by atoms with Gasteiger partial charge in [-0.3, -0.25) is 10.1 Å². The zero-order valence-corrected chi connectivity index (χ0v) is 15.9. The number of urea groups is 1. The fraction of sp³-hybridized carbons (Fsp3) is 0.750. The van der Waals surface area contributed by atoms with Gasteiger partial charge in [0, 0.05) is 32.2 Å². The molecule has 0 bridgehead atoms. The van der Waals surface area contributed by atoms with Crippen LogP contribution in [0.2, 0.25) is 0 Å². The van der Waals surface area contributed by atoms with Crippen LogP contribution in [0, 0.1) is 12.8 Å². The normalized spacial score (nSPS) is 15.4. The quantitative estimate of drug-likeness (QED) is 0.717. The molecule has 0 aromatic carbocycles. The van der Waals surface area contributed by atoms with Gasteiger partial charge in [0.1, 0.15) is 5.01 Å². The summed E-state index contributed by atoms with van der Waals surface area (Å²) >= 11 is 1.35. The summed E-state index contributed by atoms with van der Waals surface area (Å²) in [6, 6.07) is -0.180. The molecule has 8 nitrogen and oxygen atoms in total. The van der Waals surface area contributed by atoms with Crippen LogP contribution in [-0.4, -0.2) is 59.4 Å². The minimum absolute atomic E-state index is 0.0289. The van der Waals surface area contributed by atoms with Crippen LogP contribution in [0.5, 0.6) is 0 Å². The van der Waals surface area contributed by atoms with E-state index in [2.05, 4.69) is 20.8 Å². The molecule has 0 atom stereocenters. The van der Waals surface area contributed by atoms with Crippen LogP contribution in [0.25, 0.3) is 0 Å². The Morgan fingerprint density at radius 3 is 2.64 bits per heavy atom. The highest BCUT2D eigenvalue weighted by atomic mass is 32.1. The van der Waals surface area contributed by atoms with Crippen LogP contribution in [0.3, 0.4) is 0 Å². The standard InChI is InChI=1S/C16H27N5O3S/c1-11(2)24-10-4-7-17-14(22)13-5-8-21(9-6-13)16(23)18-15-20-19-12(3)25-15/h11,13H,4-10H2,1-3H3,(H,17,22)(H,18,20,23). The summed E-state index contributed by atoms with van der Waals surface area (Å²) in [6.07, 6.45) is 2.38. The van der Waals surface area contributed by atoms with Crippen molar-refractivity contribution < 1.29 is 14.3 Å². The summed E-state index contributed by atoms with van der Waals surface area (Å²) in [5.41, 5.74) is 0. The molecule has 2 heterocycles. The zero-order valence-electron chi connectivity index (χ0n) is 15.1. The highest BCUT2D eigenvalue weighted by Gasteiger charge is 2.27. The van der Waals surface area contributed by atoms with Crippen molar-refractivity contribution in [2.75, 3.05) is 31.6 Å². The largest absolute Gasteiger partial charge is 0.379 e. The lowest BCUT2D eigenvalue weighted by Crippen LogP contribution is -2.44. The van der Waals surface area contributed by atoms with Crippen molar-refractivity contribution in [1.82, 2.24) is 20.4 Å². The molecule has 0 unspecified atom stereocenters. The number of carbonyl (C=O) groups excluding carboxylic acids is 2. The molecule has 0 aliphatic carbocycles. The van der Waals surface area contributed by atoms with E-state index in [4.69, 9.17) is 4.74 Å². The number of hydrogen-bond acceptors (Lipinski definition) is 6. The van der Waals surface area contributed by atoms with E-state index in [-0.39, 0.29) is 24.0 Å². The van der Waals surface area contributed by atoms with E-state index >= 15 is 0 Å². The Kier molecular flexibility index (Phi) is 7.57. The topological polar surface area (TPSA) is 96.5 Å². The molecule has 0 saturated carbocycles. The summed E-state index contributed by atoms with van der Waals surface area (Å²) in [6.45, 7) is 8.25. The van der Waals surface area contributed by atoms with E-state index in [1.807, 2.05) is 20.8 Å². The third kappa shape index (κ3) is 6.58. The Balaban J connectivity index is 1.64. The highest BCUT2D eigenvalue weighted by molar-refractivity contribution is 7.15. The van der Waals surface area contributed by atoms with Crippen LogP contribution >= 0.6 is 11.3 Å². The second-order valence-electron chi connectivity index (χ2n) is 6.38. The fourth-order valence-corrected chi connectivity index (χ4v) is 3.19. The van der Waals surface area contributed by atoms with Crippen molar-refractivity contribution in [1.29, 1.82) is 0 Å². The number of amides is 3. The Morgan fingerprint density at radius 1 is 1.32 bits per heavy atom. The van der Waals surface area contributed by atoms with Crippen LogP contribution in [-0.2, 0) is 9.53 Å². The summed E-state index contributed by atoms with van der Waals surface area (Å²) in [7, 11) is 0. The van der Waals surface area contributed by atoms with Gasteiger partial charge in [0.25, 0.3) is 0 Å². The van der Waals surface area contributed by atoms with Gasteiger partial charge in [-0.25, -0.2) is 4.79 Å². The van der Waals surface area contributed by atoms with E-state index in [0.717, 1.165) is 11.4 Å². The van der Waals surface area contributed by atoms with E-state index < -0.39 is 0 Å². The van der Waals surface area contributed by atoms with E-state index in [0.29, 0.717) is 44.2 Å². The number of aryl methyl sites for hydroxylation is 1. The number of aromatic nitrogens is 2. The molecule has 0 radical (unpaired) electrons. The molecular weight excluding hydrogens is 342 g/mol. The van der Waals surface area contributed by atoms with Gasteiger partial charge in [-0.05, 0) is 40.0 Å². The first-order valence-electron chi connectivity index (χ1n) is 8.71. The predicted molar refractivity (Wildman–Crippen MR) is 96.7 cm³/mol. The van der Waals surface area contributed by atoms with Crippen molar-refractivity contribution in [2.24, 2.45) is 5.92 Å². The van der Waals surface area contributed by atoms with Gasteiger partial charge in [-0.2, -0.15) is 0 Å². The molecule has 1 saturated heterocycles. The number of anilines is 1. The monoisotopic (exact) mass is 369 g/mol. The number of nitrogens with one attached hydrogen (secondary N) is 2. The van der Waals surface area contributed by atoms with Gasteiger partial charge in [0.05, 0.1) is 6.10 Å². The molecule has 1 fully saturated rings. The SMILES string of the molecule is Cc1nnc(NC(=O)N2CCC(C(=O)NCCCOC(C)C)CC2)s1. The molecule has 1 aliphatic rings. The van der Waals surface area contributed by atoms with Gasteiger partial charge in [-0.1, -0.05) is 11.3 Å². The lowest BCUT2D eigenvalue weighted by Gasteiger charge is -2.31. The molecule has 9 heteroatoms. The predicted octanol–water partition coefficient (Wildman–Crippen LogP) is 2.02. The fourth-order valence-electron chi connectivity index (χ4n) is 2.61. The molecule has 1 aromatic rings. The number of hydrogen-bond donors (Lipinski definition) is 2. The number of rotatable bonds is 7. The zero-order chi connectivity index (χ0) is 18.2. The first kappa shape index (κ1) is 19.6. The van der Waals surface area contributed by atoms with Crippen molar-refractivity contribution in [2.45, 2.75) is 46.1 Å². The maximum Gasteiger partial charge on any atom is 0.323 e. The minimum Gasteiger partial charge on any atom is -0.379 e. The average Bonchev–Trinajstić information content (AvgIpc) is 2.99. The van der Waals surface area contributed by atoms with Crippen molar-refractivity contribution >= 4 is 28.4 Å². The van der Waals surface area contributed by atoms with Crippen molar-refractivity contribution in [3.8, 4) is 0 Å². The molecule has 0 spiro atoms. The van der Waals surface area contributed by atoms with Crippen molar-refractivity contribution in [3.63, 3.8) is 0 Å². The van der Waals surface area contributed by atoms with Crippen LogP contribution < -0.4 is 10.6 Å². The number of ether oxygens (including phenoxy) is 1. The maximum absolute atomic E-state index is 12.2. The number of likely N-dealkylation sites (tertiary alicyclic amines) is 1. The first-order valence-corrected chi connectivity index (χ1v) is 9.52. The second kappa shape index (κ2) is 9.67. The smallest absolute Gasteiger partial charge is 0.323 e. The Bertz CT molecular complexity index is 570. The van der Waals surface area contributed by atoms with Crippen LogP contribution in [0.4, 0.5) is 9.93 Å². The highest BCUT2D eigenvalue weighted by Crippen LogP contribution is 2.19. The Hall–Kier alpha value is -1.74. The summed E-state index contributed by atoms with van der Waals surface area (Å²) in [5, 5.41) is 14.8. The van der Waals surface area contributed by atoms with Gasteiger partial charge < -0.3 is 15.0 Å². The van der Waals surface area contributed by atoms with Crippen molar-refractivity contribution in [3.05, 3.63) is 5.01 Å². The summed E-state index contributed by atoms with van der Waals surface area (Å²) in [5.74, 6) is 0.0446. The molecule has 1 aromatic heterocycles. The average molecular weight is 369 g/mol. The summed E-state index contributed by atoms with van der Waals surface area (Å²) < 4.78 is 5.45. The van der Waals surface area contributed by atoms with Crippen LogP contribution in [0.15, 0.2) is 0 Å². The molecule has 25 heavy (non-hydrogen) atoms. The second-order valence-corrected chi connectivity index (χ2v) is 7.56. The number of piperidine rings is 1. The maximum atomic E-state index is 12.2. The lowest BCUT2D eigenvalue weighted by atomic mass is 9.96. The summed E-state index contributed by atoms with van der Waals surface area (Å²) in [4.78, 5) is 26.1. The van der Waals surface area contributed by atoms with E-state index in [9.17, 15) is 9.59 Å². The molecule has 2 N–H and O–H groups in total. The third-order valence-corrected chi connectivity index (χ3v) is 4.72. The number of carbonyl (C=O) groups is 2. The molecule has 2 rings (SSSR count). The first-order chi connectivity index (χ1) is 12.0. The molecule has 1 aliphatic heterocycles. The minimum atomic E-state index is -0.180. The van der Waals surface area contributed by atoms with E-state index in [1.54, 1.807) is 4.90 Å².